The molecular formula is C12H11N5O2S3. The predicted octanol–water partition coefficient (Wildman–Crippen LogP) is 2.37. The van der Waals surface area contributed by atoms with Crippen LogP contribution >= 0.6 is 23.1 Å². The number of nitrogens with one attached hydrogen (secondary N) is 2. The number of nitriles is 1. The maximum absolute atomic E-state index is 12.2. The molecule has 1 heterocycles. The molecule has 0 amide bonds. The quantitative estimate of drug-likeness (QED) is 0.378. The Morgan fingerprint density at radius 1 is 1.41 bits per heavy atom. The number of rotatable bonds is 4. The van der Waals surface area contributed by atoms with Crippen LogP contribution in [0.5, 0.6) is 0 Å². The lowest BCUT2D eigenvalue weighted by Crippen LogP contribution is -2.13. The van der Waals surface area contributed by atoms with Crippen LogP contribution in [0.4, 0.5) is 10.8 Å². The number of amidine groups is 1. The molecule has 0 spiro atoms. The number of hydrogen-bond donors (Lipinski definition) is 2. The Morgan fingerprint density at radius 3 is 2.68 bits per heavy atom. The molecule has 0 aliphatic heterocycles. The summed E-state index contributed by atoms with van der Waals surface area (Å²) in [5.41, 5.74) is 0.542. The van der Waals surface area contributed by atoms with Gasteiger partial charge in [-0.1, -0.05) is 11.8 Å². The van der Waals surface area contributed by atoms with Crippen molar-refractivity contribution in [1.29, 1.82) is 5.26 Å². The molecule has 0 saturated heterocycles. The second-order valence-electron chi connectivity index (χ2n) is 3.79. The summed E-state index contributed by atoms with van der Waals surface area (Å²) >= 11 is 2.48. The minimum Gasteiger partial charge on any atom is -0.271 e. The van der Waals surface area contributed by atoms with E-state index in [2.05, 4.69) is 20.0 Å². The fourth-order valence-electron chi connectivity index (χ4n) is 1.44. The molecule has 0 fully saturated rings. The predicted molar refractivity (Wildman–Crippen MR) is 88.7 cm³/mol. The zero-order valence-electron chi connectivity index (χ0n) is 11.3. The van der Waals surface area contributed by atoms with Gasteiger partial charge in [-0.3, -0.25) is 10.0 Å². The largest absolute Gasteiger partial charge is 0.271 e. The van der Waals surface area contributed by atoms with Gasteiger partial charge in [0.1, 0.15) is 0 Å². The molecule has 0 saturated carbocycles. The Morgan fingerprint density at radius 2 is 2.14 bits per heavy atom. The Kier molecular flexibility index (Phi) is 5.37. The van der Waals surface area contributed by atoms with Gasteiger partial charge in [-0.2, -0.15) is 5.26 Å². The lowest BCUT2D eigenvalue weighted by molar-refractivity contribution is 0.601. The highest BCUT2D eigenvalue weighted by molar-refractivity contribution is 8.13. The van der Waals surface area contributed by atoms with Gasteiger partial charge >= 0.3 is 0 Å². The van der Waals surface area contributed by atoms with Gasteiger partial charge in [0.25, 0.3) is 10.0 Å². The third-order valence-electron chi connectivity index (χ3n) is 2.39. The summed E-state index contributed by atoms with van der Waals surface area (Å²) in [5, 5.41) is 13.4. The molecule has 10 heteroatoms. The number of benzene rings is 1. The zero-order valence-corrected chi connectivity index (χ0v) is 13.8. The van der Waals surface area contributed by atoms with Crippen LogP contribution in [0.2, 0.25) is 0 Å². The highest BCUT2D eigenvalue weighted by Crippen LogP contribution is 2.21. The summed E-state index contributed by atoms with van der Waals surface area (Å²) in [6.07, 6.45) is 5.08. The van der Waals surface area contributed by atoms with Gasteiger partial charge in [0.2, 0.25) is 0 Å². The van der Waals surface area contributed by atoms with E-state index >= 15 is 0 Å². The summed E-state index contributed by atoms with van der Waals surface area (Å²) in [5.74, 6) is 0. The van der Waals surface area contributed by atoms with Gasteiger partial charge in [-0.15, -0.1) is 11.3 Å². The minimum atomic E-state index is -3.67. The average Bonchev–Trinajstić information content (AvgIpc) is 2.99. The van der Waals surface area contributed by atoms with Crippen LogP contribution in [0.15, 0.2) is 45.7 Å². The Bertz CT molecular complexity index is 792. The first-order valence-corrected chi connectivity index (χ1v) is 9.44. The second kappa shape index (κ2) is 7.26. The van der Waals surface area contributed by atoms with Gasteiger partial charge in [0.05, 0.1) is 10.6 Å². The van der Waals surface area contributed by atoms with E-state index in [1.165, 1.54) is 41.4 Å². The van der Waals surface area contributed by atoms with E-state index in [9.17, 15) is 8.42 Å². The zero-order chi connectivity index (χ0) is 16.0. The molecule has 2 aromatic rings. The topological polar surface area (TPSA) is 107 Å². The van der Waals surface area contributed by atoms with Gasteiger partial charge in [0, 0.05) is 11.6 Å². The highest BCUT2D eigenvalue weighted by Gasteiger charge is 2.15. The van der Waals surface area contributed by atoms with E-state index < -0.39 is 10.0 Å². The lowest BCUT2D eigenvalue weighted by atomic mass is 10.3. The summed E-state index contributed by atoms with van der Waals surface area (Å²) < 4.78 is 26.7. The SMILES string of the molecule is CSC(=Nc1ccc(S(=O)(=O)Nc2nccs2)cc1)NC#N. The maximum Gasteiger partial charge on any atom is 0.263 e. The van der Waals surface area contributed by atoms with Gasteiger partial charge in [-0.25, -0.2) is 18.4 Å². The number of aliphatic imine (C=N–C) groups is 1. The van der Waals surface area contributed by atoms with Crippen molar-refractivity contribution in [1.82, 2.24) is 10.3 Å². The number of aromatic nitrogens is 1. The summed E-state index contributed by atoms with van der Waals surface area (Å²) in [7, 11) is -3.67. The number of sulfonamides is 1. The van der Waals surface area contributed by atoms with Crippen molar-refractivity contribution in [3.63, 3.8) is 0 Å². The van der Waals surface area contributed by atoms with Gasteiger partial charge in [-0.05, 0) is 30.5 Å². The number of hydrogen-bond acceptors (Lipinski definition) is 7. The lowest BCUT2D eigenvalue weighted by Gasteiger charge is -2.05. The molecule has 0 unspecified atom stereocenters. The fraction of sp³-hybridized carbons (Fsp3) is 0.0833. The molecule has 114 valence electrons. The molecule has 22 heavy (non-hydrogen) atoms. The third kappa shape index (κ3) is 4.20. The standard InChI is InChI=1S/C12H11N5O2S3/c1-20-11(15-8-13)16-9-2-4-10(5-3-9)22(18,19)17-12-14-6-7-21-12/h2-7H,1H3,(H,14,17)(H,15,16). The van der Waals surface area contributed by atoms with Gasteiger partial charge in [0.15, 0.2) is 16.5 Å². The van der Waals surface area contributed by atoms with Crippen LogP contribution in [-0.2, 0) is 10.0 Å². The normalized spacial score (nSPS) is 11.7. The van der Waals surface area contributed by atoms with Crippen LogP contribution in [0.1, 0.15) is 0 Å². The number of nitrogens with zero attached hydrogens (tertiary/aromatic N) is 3. The van der Waals surface area contributed by atoms with Crippen molar-refractivity contribution in [2.45, 2.75) is 4.90 Å². The second-order valence-corrected chi connectivity index (χ2v) is 7.17. The maximum atomic E-state index is 12.2. The van der Waals surface area contributed by atoms with Crippen LogP contribution < -0.4 is 10.0 Å². The monoisotopic (exact) mass is 353 g/mol. The van der Waals surface area contributed by atoms with Crippen molar-refractivity contribution in [3.8, 4) is 6.19 Å². The molecule has 0 aliphatic rings. The average molecular weight is 353 g/mol. The van der Waals surface area contributed by atoms with E-state index in [-0.39, 0.29) is 4.90 Å². The van der Waals surface area contributed by atoms with Gasteiger partial charge < -0.3 is 0 Å². The first-order valence-electron chi connectivity index (χ1n) is 5.85. The molecule has 1 aromatic carbocycles. The molecule has 7 nitrogen and oxygen atoms in total. The summed E-state index contributed by atoms with van der Waals surface area (Å²) in [6.45, 7) is 0. The Balaban J connectivity index is 2.20. The molecule has 0 bridgehead atoms. The molecule has 2 rings (SSSR count). The fourth-order valence-corrected chi connectivity index (χ4v) is 3.57. The van der Waals surface area contributed by atoms with E-state index in [1.807, 2.05) is 0 Å². The molecule has 0 atom stereocenters. The summed E-state index contributed by atoms with van der Waals surface area (Å²) in [4.78, 5) is 8.18. The summed E-state index contributed by atoms with van der Waals surface area (Å²) in [6, 6.07) is 6.01. The molecule has 2 N–H and O–H groups in total. The molecular weight excluding hydrogens is 342 g/mol. The van der Waals surface area contributed by atoms with Crippen molar-refractivity contribution in [3.05, 3.63) is 35.8 Å². The highest BCUT2D eigenvalue weighted by atomic mass is 32.2. The van der Waals surface area contributed by atoms with E-state index in [0.29, 0.717) is 16.0 Å². The Labute approximate surface area is 136 Å². The number of thiazole rings is 1. The first kappa shape index (κ1) is 16.3. The van der Waals surface area contributed by atoms with Crippen molar-refractivity contribution < 1.29 is 8.42 Å². The van der Waals surface area contributed by atoms with E-state index in [1.54, 1.807) is 30.0 Å². The van der Waals surface area contributed by atoms with E-state index in [0.717, 1.165) is 0 Å². The van der Waals surface area contributed by atoms with Crippen LogP contribution in [0, 0.1) is 11.5 Å². The first-order chi connectivity index (χ1) is 10.5. The van der Waals surface area contributed by atoms with Crippen LogP contribution in [0.3, 0.4) is 0 Å². The van der Waals surface area contributed by atoms with Crippen LogP contribution in [0.25, 0.3) is 0 Å². The van der Waals surface area contributed by atoms with Crippen molar-refractivity contribution in [2.24, 2.45) is 4.99 Å². The number of thioether (sulfide) groups is 1. The third-order valence-corrected chi connectivity index (χ3v) is 5.14. The molecule has 0 aliphatic carbocycles. The van der Waals surface area contributed by atoms with Crippen molar-refractivity contribution in [2.75, 3.05) is 11.0 Å². The molecule has 0 radical (unpaired) electrons. The smallest absolute Gasteiger partial charge is 0.263 e. The number of anilines is 1. The molecule has 1 aromatic heterocycles. The minimum absolute atomic E-state index is 0.112. The van der Waals surface area contributed by atoms with Crippen molar-refractivity contribution >= 4 is 49.1 Å². The Hall–Kier alpha value is -2.09. The van der Waals surface area contributed by atoms with Crippen LogP contribution in [-0.4, -0.2) is 24.8 Å². The van der Waals surface area contributed by atoms with E-state index in [4.69, 9.17) is 5.26 Å².